The SMILES string of the molecule is C[C@@H]1Cc2cc(O)ccc2C(c2ccc(Br)cn2)N1CC(F)(F)F. The summed E-state index contributed by atoms with van der Waals surface area (Å²) in [5.74, 6) is 0.118. The van der Waals surface area contributed by atoms with E-state index >= 15 is 0 Å². The number of hydrogen-bond acceptors (Lipinski definition) is 3. The molecule has 0 spiro atoms. The van der Waals surface area contributed by atoms with E-state index in [-0.39, 0.29) is 11.8 Å². The minimum atomic E-state index is -4.30. The number of fused-ring (bicyclic) bond motifs is 1. The van der Waals surface area contributed by atoms with Crippen molar-refractivity contribution in [1.82, 2.24) is 9.88 Å². The van der Waals surface area contributed by atoms with Gasteiger partial charge >= 0.3 is 6.18 Å². The van der Waals surface area contributed by atoms with Crippen molar-refractivity contribution in [3.05, 3.63) is 57.8 Å². The summed E-state index contributed by atoms with van der Waals surface area (Å²) in [5, 5.41) is 9.70. The second kappa shape index (κ2) is 6.37. The number of phenols is 1. The molecule has 1 unspecified atom stereocenters. The highest BCUT2D eigenvalue weighted by Crippen LogP contribution is 2.40. The number of phenolic OH excluding ortho intramolecular Hbond substituents is 1. The molecule has 1 aromatic heterocycles. The highest BCUT2D eigenvalue weighted by atomic mass is 79.9. The Morgan fingerprint density at radius 2 is 2.04 bits per heavy atom. The van der Waals surface area contributed by atoms with Crippen LogP contribution in [0.2, 0.25) is 0 Å². The molecule has 1 aromatic carbocycles. The first-order valence-electron chi connectivity index (χ1n) is 7.50. The second-order valence-corrected chi connectivity index (χ2v) is 6.94. The number of hydrogen-bond donors (Lipinski definition) is 1. The first-order chi connectivity index (χ1) is 11.2. The van der Waals surface area contributed by atoms with E-state index in [0.717, 1.165) is 15.6 Å². The normalized spacial score (nSPS) is 21.5. The zero-order chi connectivity index (χ0) is 17.5. The fourth-order valence-electron chi connectivity index (χ4n) is 3.24. The maximum absolute atomic E-state index is 13.1. The molecule has 1 aliphatic rings. The molecule has 0 saturated heterocycles. The van der Waals surface area contributed by atoms with Crippen molar-refractivity contribution in [3.8, 4) is 5.75 Å². The molecule has 0 radical (unpaired) electrons. The topological polar surface area (TPSA) is 36.4 Å². The molecule has 0 amide bonds. The molecular weight excluding hydrogens is 385 g/mol. The van der Waals surface area contributed by atoms with E-state index in [1.54, 1.807) is 37.4 Å². The number of halogens is 4. The Kier molecular flexibility index (Phi) is 4.57. The van der Waals surface area contributed by atoms with E-state index in [9.17, 15) is 18.3 Å². The number of rotatable bonds is 2. The summed E-state index contributed by atoms with van der Waals surface area (Å²) in [6.07, 6.45) is -2.26. The van der Waals surface area contributed by atoms with Crippen LogP contribution in [0.5, 0.6) is 5.75 Å². The van der Waals surface area contributed by atoms with Gasteiger partial charge in [-0.15, -0.1) is 0 Å². The zero-order valence-electron chi connectivity index (χ0n) is 12.9. The molecule has 7 heteroatoms. The van der Waals surface area contributed by atoms with Crippen LogP contribution in [0.3, 0.4) is 0 Å². The molecule has 0 saturated carbocycles. The average Bonchev–Trinajstić information content (AvgIpc) is 2.48. The molecule has 3 rings (SSSR count). The standard InChI is InChI=1S/C17H16BrF3N2O/c1-10-6-11-7-13(24)3-4-14(11)16(23(10)9-17(19,20)21)15-5-2-12(18)8-22-15/h2-5,7-8,10,16,24H,6,9H2,1H3/t10-,16?/m1/s1. The average molecular weight is 401 g/mol. The van der Waals surface area contributed by atoms with E-state index in [0.29, 0.717) is 12.1 Å². The molecule has 3 nitrogen and oxygen atoms in total. The molecule has 2 atom stereocenters. The van der Waals surface area contributed by atoms with Crippen LogP contribution >= 0.6 is 15.9 Å². The minimum Gasteiger partial charge on any atom is -0.508 e. The lowest BCUT2D eigenvalue weighted by molar-refractivity contribution is -0.155. The summed E-state index contributed by atoms with van der Waals surface area (Å²) >= 11 is 3.30. The largest absolute Gasteiger partial charge is 0.508 e. The van der Waals surface area contributed by atoms with Crippen LogP contribution in [0.1, 0.15) is 29.8 Å². The van der Waals surface area contributed by atoms with Crippen molar-refractivity contribution in [2.75, 3.05) is 6.54 Å². The Hall–Kier alpha value is -1.60. The molecule has 1 N–H and O–H groups in total. The van der Waals surface area contributed by atoms with Gasteiger partial charge in [0.1, 0.15) is 5.75 Å². The van der Waals surface area contributed by atoms with Gasteiger partial charge in [0.15, 0.2) is 0 Å². The molecule has 24 heavy (non-hydrogen) atoms. The Bertz CT molecular complexity index is 734. The van der Waals surface area contributed by atoms with Crippen molar-refractivity contribution in [2.24, 2.45) is 0 Å². The second-order valence-electron chi connectivity index (χ2n) is 6.03. The lowest BCUT2D eigenvalue weighted by Crippen LogP contribution is -2.47. The van der Waals surface area contributed by atoms with Crippen molar-refractivity contribution in [1.29, 1.82) is 0 Å². The fraction of sp³-hybridized carbons (Fsp3) is 0.353. The molecule has 128 valence electrons. The molecule has 0 fully saturated rings. The Morgan fingerprint density at radius 3 is 2.67 bits per heavy atom. The maximum Gasteiger partial charge on any atom is 0.401 e. The van der Waals surface area contributed by atoms with E-state index in [1.165, 1.54) is 11.0 Å². The third kappa shape index (κ3) is 3.57. The Labute approximate surface area is 146 Å². The summed E-state index contributed by atoms with van der Waals surface area (Å²) < 4.78 is 40.1. The van der Waals surface area contributed by atoms with Crippen LogP contribution in [0.25, 0.3) is 0 Å². The molecule has 0 bridgehead atoms. The first kappa shape index (κ1) is 17.2. The highest BCUT2D eigenvalue weighted by Gasteiger charge is 2.41. The van der Waals surface area contributed by atoms with Crippen LogP contribution in [-0.4, -0.2) is 33.8 Å². The summed E-state index contributed by atoms with van der Waals surface area (Å²) in [6, 6.07) is 7.40. The predicted molar refractivity (Wildman–Crippen MR) is 87.8 cm³/mol. The Balaban J connectivity index is 2.11. The number of aromatic nitrogens is 1. The van der Waals surface area contributed by atoms with Crippen molar-refractivity contribution in [3.63, 3.8) is 0 Å². The highest BCUT2D eigenvalue weighted by molar-refractivity contribution is 9.10. The first-order valence-corrected chi connectivity index (χ1v) is 8.29. The number of alkyl halides is 3. The van der Waals surface area contributed by atoms with E-state index in [4.69, 9.17) is 0 Å². The van der Waals surface area contributed by atoms with Gasteiger partial charge in [-0.2, -0.15) is 13.2 Å². The maximum atomic E-state index is 13.1. The monoisotopic (exact) mass is 400 g/mol. The van der Waals surface area contributed by atoms with Crippen molar-refractivity contribution < 1.29 is 18.3 Å². The van der Waals surface area contributed by atoms with Gasteiger partial charge in [0.05, 0.1) is 18.3 Å². The smallest absolute Gasteiger partial charge is 0.401 e. The van der Waals surface area contributed by atoms with Crippen LogP contribution in [0, 0.1) is 0 Å². The van der Waals surface area contributed by atoms with Gasteiger partial charge in [-0.05, 0) is 64.7 Å². The summed E-state index contributed by atoms with van der Waals surface area (Å²) in [7, 11) is 0. The zero-order valence-corrected chi connectivity index (χ0v) is 14.5. The molecule has 1 aliphatic heterocycles. The van der Waals surface area contributed by atoms with Gasteiger partial charge in [0, 0.05) is 16.7 Å². The minimum absolute atomic E-state index is 0.118. The lowest BCUT2D eigenvalue weighted by atomic mass is 9.86. The van der Waals surface area contributed by atoms with Gasteiger partial charge in [-0.25, -0.2) is 0 Å². The summed E-state index contributed by atoms with van der Waals surface area (Å²) in [6.45, 7) is 0.765. The number of benzene rings is 1. The molecule has 0 aliphatic carbocycles. The molecular formula is C17H16BrF3N2O. The van der Waals surface area contributed by atoms with Crippen molar-refractivity contribution in [2.45, 2.75) is 31.6 Å². The summed E-state index contributed by atoms with van der Waals surface area (Å²) in [4.78, 5) is 5.75. The predicted octanol–water partition coefficient (Wildman–Crippen LogP) is 4.45. The van der Waals surface area contributed by atoms with E-state index in [1.807, 2.05) is 0 Å². The van der Waals surface area contributed by atoms with Gasteiger partial charge in [-0.3, -0.25) is 9.88 Å². The van der Waals surface area contributed by atoms with Gasteiger partial charge < -0.3 is 5.11 Å². The lowest BCUT2D eigenvalue weighted by Gasteiger charge is -2.42. The number of aromatic hydroxyl groups is 1. The van der Waals surface area contributed by atoms with Crippen LogP contribution in [0.15, 0.2) is 41.0 Å². The summed E-state index contributed by atoms with van der Waals surface area (Å²) in [5.41, 5.74) is 2.17. The van der Waals surface area contributed by atoms with E-state index in [2.05, 4.69) is 20.9 Å². The van der Waals surface area contributed by atoms with Crippen LogP contribution in [-0.2, 0) is 6.42 Å². The quantitative estimate of drug-likeness (QED) is 0.808. The third-order valence-corrected chi connectivity index (χ3v) is 4.70. The van der Waals surface area contributed by atoms with Crippen LogP contribution in [0.4, 0.5) is 13.2 Å². The fourth-order valence-corrected chi connectivity index (χ4v) is 3.47. The van der Waals surface area contributed by atoms with Gasteiger partial charge in [0.25, 0.3) is 0 Å². The Morgan fingerprint density at radius 1 is 1.29 bits per heavy atom. The van der Waals surface area contributed by atoms with Gasteiger partial charge in [0.2, 0.25) is 0 Å². The van der Waals surface area contributed by atoms with E-state index < -0.39 is 18.8 Å². The number of nitrogens with zero attached hydrogens (tertiary/aromatic N) is 2. The van der Waals surface area contributed by atoms with Crippen LogP contribution < -0.4 is 0 Å². The van der Waals surface area contributed by atoms with Gasteiger partial charge in [-0.1, -0.05) is 6.07 Å². The van der Waals surface area contributed by atoms with Crippen molar-refractivity contribution >= 4 is 15.9 Å². The molecule has 2 heterocycles. The number of pyridine rings is 1. The third-order valence-electron chi connectivity index (χ3n) is 4.23. The molecule has 2 aromatic rings.